The maximum atomic E-state index is 11.2. The van der Waals surface area contributed by atoms with Crippen LogP contribution in [0, 0.1) is 0 Å². The van der Waals surface area contributed by atoms with Gasteiger partial charge in [-0.2, -0.15) is 0 Å². The highest BCUT2D eigenvalue weighted by molar-refractivity contribution is 5.88. The molecule has 0 amide bonds. The van der Waals surface area contributed by atoms with Crippen molar-refractivity contribution < 1.29 is 9.90 Å². The topological polar surface area (TPSA) is 63.1 Å². The molecule has 0 fully saturated rings. The zero-order valence-corrected chi connectivity index (χ0v) is 11.9. The number of hydrogen-bond donors (Lipinski definition) is 1. The van der Waals surface area contributed by atoms with Crippen molar-refractivity contribution in [3.8, 4) is 11.4 Å². The van der Waals surface area contributed by atoms with Gasteiger partial charge in [0.25, 0.3) is 0 Å². The summed E-state index contributed by atoms with van der Waals surface area (Å²) in [7, 11) is 0. The van der Waals surface area contributed by atoms with Crippen LogP contribution in [-0.4, -0.2) is 21.0 Å². The van der Waals surface area contributed by atoms with Crippen LogP contribution in [-0.2, 0) is 6.42 Å². The van der Waals surface area contributed by atoms with Crippen LogP contribution in [0.3, 0.4) is 0 Å². The average Bonchev–Trinajstić information content (AvgIpc) is 2.46. The van der Waals surface area contributed by atoms with Gasteiger partial charge in [0, 0.05) is 11.8 Å². The number of benzene rings is 1. The van der Waals surface area contributed by atoms with Crippen LogP contribution >= 0.6 is 0 Å². The number of carbonyl (C=O) groups is 1. The number of carboxylic acids is 1. The zero-order chi connectivity index (χ0) is 14.7. The predicted molar refractivity (Wildman–Crippen MR) is 77.9 cm³/mol. The summed E-state index contributed by atoms with van der Waals surface area (Å²) in [6, 6.07) is 8.02. The van der Waals surface area contributed by atoms with E-state index in [1.807, 2.05) is 38.1 Å². The summed E-state index contributed by atoms with van der Waals surface area (Å²) < 4.78 is 0. The van der Waals surface area contributed by atoms with E-state index in [-0.39, 0.29) is 11.5 Å². The Morgan fingerprint density at radius 3 is 2.40 bits per heavy atom. The molecule has 0 bridgehead atoms. The first-order chi connectivity index (χ1) is 9.52. The monoisotopic (exact) mass is 270 g/mol. The van der Waals surface area contributed by atoms with E-state index in [2.05, 4.69) is 16.9 Å². The number of aromatic carboxylic acids is 1. The molecule has 0 radical (unpaired) electrons. The molecule has 0 aliphatic heterocycles. The normalized spacial score (nSPS) is 10.8. The standard InChI is InChI=1S/C16H18N2O2/c1-4-11-5-7-12(8-6-11)15-17-9-13(16(19)20)14(18-15)10(2)3/h5-10H,4H2,1-3H3,(H,19,20). The molecule has 1 aromatic heterocycles. The molecule has 4 heteroatoms. The molecule has 1 aromatic carbocycles. The lowest BCUT2D eigenvalue weighted by molar-refractivity contribution is 0.0694. The van der Waals surface area contributed by atoms with Crippen LogP contribution in [0.25, 0.3) is 11.4 Å². The smallest absolute Gasteiger partial charge is 0.339 e. The summed E-state index contributed by atoms with van der Waals surface area (Å²) in [5, 5.41) is 9.16. The van der Waals surface area contributed by atoms with Gasteiger partial charge in [-0.1, -0.05) is 45.0 Å². The fourth-order valence-electron chi connectivity index (χ4n) is 2.03. The molecule has 0 aliphatic rings. The summed E-state index contributed by atoms with van der Waals surface area (Å²) in [5.41, 5.74) is 2.90. The Balaban J connectivity index is 2.47. The molecule has 0 saturated heterocycles. The first-order valence-electron chi connectivity index (χ1n) is 6.72. The lowest BCUT2D eigenvalue weighted by atomic mass is 10.0. The fraction of sp³-hybridized carbons (Fsp3) is 0.312. The Labute approximate surface area is 118 Å². The molecule has 2 aromatic rings. The number of nitrogens with zero attached hydrogens (tertiary/aromatic N) is 2. The Bertz CT molecular complexity index is 619. The van der Waals surface area contributed by atoms with E-state index in [1.54, 1.807) is 0 Å². The van der Waals surface area contributed by atoms with Crippen LogP contribution in [0.2, 0.25) is 0 Å². The van der Waals surface area contributed by atoms with Crippen molar-refractivity contribution in [1.82, 2.24) is 9.97 Å². The highest BCUT2D eigenvalue weighted by atomic mass is 16.4. The molecule has 0 aliphatic carbocycles. The minimum atomic E-state index is -0.985. The Hall–Kier alpha value is -2.23. The second-order valence-corrected chi connectivity index (χ2v) is 5.00. The summed E-state index contributed by atoms with van der Waals surface area (Å²) in [6.45, 7) is 5.96. The van der Waals surface area contributed by atoms with Gasteiger partial charge in [-0.25, -0.2) is 14.8 Å². The summed E-state index contributed by atoms with van der Waals surface area (Å²) >= 11 is 0. The van der Waals surface area contributed by atoms with Crippen LogP contribution < -0.4 is 0 Å². The van der Waals surface area contributed by atoms with E-state index < -0.39 is 5.97 Å². The molecule has 20 heavy (non-hydrogen) atoms. The predicted octanol–water partition coefficient (Wildman–Crippen LogP) is 3.53. The third-order valence-electron chi connectivity index (χ3n) is 3.22. The van der Waals surface area contributed by atoms with E-state index >= 15 is 0 Å². The van der Waals surface area contributed by atoms with Gasteiger partial charge in [0.05, 0.1) is 11.3 Å². The molecule has 1 heterocycles. The summed E-state index contributed by atoms with van der Waals surface area (Å²) in [6.07, 6.45) is 2.38. The van der Waals surface area contributed by atoms with E-state index in [0.29, 0.717) is 11.5 Å². The molecular formula is C16H18N2O2. The van der Waals surface area contributed by atoms with Crippen LogP contribution in [0.5, 0.6) is 0 Å². The van der Waals surface area contributed by atoms with Crippen LogP contribution in [0.4, 0.5) is 0 Å². The van der Waals surface area contributed by atoms with Crippen molar-refractivity contribution in [1.29, 1.82) is 0 Å². The van der Waals surface area contributed by atoms with E-state index in [0.717, 1.165) is 12.0 Å². The third kappa shape index (κ3) is 2.85. The maximum absolute atomic E-state index is 11.2. The first kappa shape index (κ1) is 14.2. The van der Waals surface area contributed by atoms with Crippen molar-refractivity contribution in [3.05, 3.63) is 47.3 Å². The van der Waals surface area contributed by atoms with Crippen molar-refractivity contribution in [3.63, 3.8) is 0 Å². The molecule has 0 saturated carbocycles. The van der Waals surface area contributed by atoms with Gasteiger partial charge in [-0.05, 0) is 17.9 Å². The molecule has 0 spiro atoms. The molecule has 4 nitrogen and oxygen atoms in total. The maximum Gasteiger partial charge on any atom is 0.339 e. The van der Waals surface area contributed by atoms with Gasteiger partial charge in [-0.15, -0.1) is 0 Å². The Morgan fingerprint density at radius 2 is 1.90 bits per heavy atom. The molecule has 0 unspecified atom stereocenters. The average molecular weight is 270 g/mol. The first-order valence-corrected chi connectivity index (χ1v) is 6.72. The second-order valence-electron chi connectivity index (χ2n) is 5.00. The molecular weight excluding hydrogens is 252 g/mol. The third-order valence-corrected chi connectivity index (χ3v) is 3.22. The number of aryl methyl sites for hydroxylation is 1. The van der Waals surface area contributed by atoms with Crippen molar-refractivity contribution in [2.24, 2.45) is 0 Å². The van der Waals surface area contributed by atoms with Gasteiger partial charge >= 0.3 is 5.97 Å². The summed E-state index contributed by atoms with van der Waals surface area (Å²) in [4.78, 5) is 19.8. The highest BCUT2D eigenvalue weighted by Gasteiger charge is 2.16. The van der Waals surface area contributed by atoms with Gasteiger partial charge in [-0.3, -0.25) is 0 Å². The second kappa shape index (κ2) is 5.82. The number of hydrogen-bond acceptors (Lipinski definition) is 3. The molecule has 0 atom stereocenters. The fourth-order valence-corrected chi connectivity index (χ4v) is 2.03. The van der Waals surface area contributed by atoms with Crippen LogP contribution in [0.15, 0.2) is 30.5 Å². The molecule has 104 valence electrons. The van der Waals surface area contributed by atoms with Gasteiger partial charge in [0.1, 0.15) is 0 Å². The number of rotatable bonds is 4. The largest absolute Gasteiger partial charge is 0.478 e. The highest BCUT2D eigenvalue weighted by Crippen LogP contribution is 2.22. The summed E-state index contributed by atoms with van der Waals surface area (Å²) in [5.74, 6) is -0.374. The Morgan fingerprint density at radius 1 is 1.25 bits per heavy atom. The quantitative estimate of drug-likeness (QED) is 0.923. The number of carboxylic acid groups (broad SMARTS) is 1. The van der Waals surface area contributed by atoms with Crippen molar-refractivity contribution in [2.45, 2.75) is 33.1 Å². The van der Waals surface area contributed by atoms with E-state index in [9.17, 15) is 4.79 Å². The van der Waals surface area contributed by atoms with Gasteiger partial charge in [0.2, 0.25) is 0 Å². The Kier molecular flexibility index (Phi) is 4.13. The lowest BCUT2D eigenvalue weighted by Gasteiger charge is -2.10. The number of aromatic nitrogens is 2. The van der Waals surface area contributed by atoms with Gasteiger partial charge in [0.15, 0.2) is 5.82 Å². The zero-order valence-electron chi connectivity index (χ0n) is 11.9. The van der Waals surface area contributed by atoms with E-state index in [1.165, 1.54) is 11.8 Å². The van der Waals surface area contributed by atoms with Crippen molar-refractivity contribution >= 4 is 5.97 Å². The van der Waals surface area contributed by atoms with E-state index in [4.69, 9.17) is 5.11 Å². The lowest BCUT2D eigenvalue weighted by Crippen LogP contribution is -2.08. The van der Waals surface area contributed by atoms with Gasteiger partial charge < -0.3 is 5.11 Å². The molecule has 1 N–H and O–H groups in total. The SMILES string of the molecule is CCc1ccc(-c2ncc(C(=O)O)c(C(C)C)n2)cc1. The van der Waals surface area contributed by atoms with Crippen molar-refractivity contribution in [2.75, 3.05) is 0 Å². The van der Waals surface area contributed by atoms with Crippen LogP contribution in [0.1, 0.15) is 48.3 Å². The molecule has 2 rings (SSSR count). The minimum Gasteiger partial charge on any atom is -0.478 e. The minimum absolute atomic E-state index is 0.0396.